The molecule has 0 aliphatic carbocycles. The van der Waals surface area contributed by atoms with Crippen molar-refractivity contribution < 1.29 is 18.1 Å². The number of nitrogens with one attached hydrogen (secondary N) is 1. The molecule has 0 aliphatic heterocycles. The molecule has 5 nitrogen and oxygen atoms in total. The number of carbonyl (C=O) groups is 1. The number of carbonyl (C=O) groups excluding carboxylic acids is 1. The van der Waals surface area contributed by atoms with E-state index in [9.17, 15) is 13.6 Å². The van der Waals surface area contributed by atoms with E-state index in [4.69, 9.17) is 0 Å². The van der Waals surface area contributed by atoms with Crippen molar-refractivity contribution in [1.82, 2.24) is 15.5 Å². The molecule has 2 aromatic rings. The van der Waals surface area contributed by atoms with E-state index >= 15 is 0 Å². The first kappa shape index (κ1) is 13.1. The zero-order chi connectivity index (χ0) is 13.8. The van der Waals surface area contributed by atoms with Crippen LogP contribution in [0.4, 0.5) is 8.78 Å². The fourth-order valence-corrected chi connectivity index (χ4v) is 1.56. The van der Waals surface area contributed by atoms with Crippen molar-refractivity contribution >= 4 is 5.91 Å². The topological polar surface area (TPSA) is 68.0 Å². The predicted molar refractivity (Wildman–Crippen MR) is 60.9 cm³/mol. The molecule has 0 fully saturated rings. The normalized spacial score (nSPS) is 12.2. The van der Waals surface area contributed by atoms with E-state index in [0.29, 0.717) is 11.4 Å². The van der Waals surface area contributed by atoms with Crippen LogP contribution in [0.25, 0.3) is 0 Å². The Bertz CT molecular complexity index is 572. The van der Waals surface area contributed by atoms with E-state index in [-0.39, 0.29) is 12.3 Å². The minimum absolute atomic E-state index is 0.0562. The summed E-state index contributed by atoms with van der Waals surface area (Å²) in [5.74, 6) is -1.91. The van der Waals surface area contributed by atoms with Gasteiger partial charge >= 0.3 is 0 Å². The minimum atomic E-state index is -0.975. The fourth-order valence-electron chi connectivity index (χ4n) is 1.56. The van der Waals surface area contributed by atoms with Crippen molar-refractivity contribution in [2.75, 3.05) is 0 Å². The lowest BCUT2D eigenvalue weighted by atomic mass is 10.1. The molecule has 100 valence electrons. The van der Waals surface area contributed by atoms with Gasteiger partial charge in [0.15, 0.2) is 17.5 Å². The number of rotatable bonds is 4. The zero-order valence-electron chi connectivity index (χ0n) is 10.1. The second-order valence-electron chi connectivity index (χ2n) is 4.00. The number of amides is 1. The number of hydrogen-bond acceptors (Lipinski definition) is 4. The Morgan fingerprint density at radius 1 is 1.42 bits per heavy atom. The second kappa shape index (κ2) is 5.55. The van der Waals surface area contributed by atoms with Crippen LogP contribution in [0.15, 0.2) is 29.1 Å². The molecule has 2 rings (SSSR count). The number of nitrogens with zero attached hydrogens (tertiary/aromatic N) is 2. The van der Waals surface area contributed by atoms with Gasteiger partial charge in [0.2, 0.25) is 12.3 Å². The first-order chi connectivity index (χ1) is 9.06. The molecule has 0 saturated carbocycles. The lowest BCUT2D eigenvalue weighted by Crippen LogP contribution is -2.28. The quantitative estimate of drug-likeness (QED) is 0.916. The summed E-state index contributed by atoms with van der Waals surface area (Å²) in [5.41, 5.74) is 0.386. The molecule has 0 radical (unpaired) electrons. The summed E-state index contributed by atoms with van der Waals surface area (Å²) in [6, 6.07) is 2.92. The van der Waals surface area contributed by atoms with Crippen LogP contribution in [0, 0.1) is 11.6 Å². The molecule has 1 aromatic heterocycles. The van der Waals surface area contributed by atoms with E-state index in [1.807, 2.05) is 0 Å². The molecule has 19 heavy (non-hydrogen) atoms. The SMILES string of the molecule is C[C@H](NC(=O)Cc1ccc(F)c(F)c1)c1ncon1. The molecule has 1 heterocycles. The molecule has 7 heteroatoms. The van der Waals surface area contributed by atoms with Gasteiger partial charge in [0.1, 0.15) is 0 Å². The van der Waals surface area contributed by atoms with Crippen LogP contribution < -0.4 is 5.32 Å². The van der Waals surface area contributed by atoms with Crippen molar-refractivity contribution in [2.45, 2.75) is 19.4 Å². The van der Waals surface area contributed by atoms with Gasteiger partial charge in [-0.3, -0.25) is 4.79 Å². The third-order valence-corrected chi connectivity index (χ3v) is 2.49. The maximum Gasteiger partial charge on any atom is 0.225 e. The summed E-state index contributed by atoms with van der Waals surface area (Å²) in [6.07, 6.45) is 1.10. The molecule has 0 saturated heterocycles. The van der Waals surface area contributed by atoms with E-state index in [0.717, 1.165) is 18.5 Å². The van der Waals surface area contributed by atoms with Crippen LogP contribution in [-0.4, -0.2) is 16.0 Å². The molecular formula is C12H11F2N3O2. The Hall–Kier alpha value is -2.31. The summed E-state index contributed by atoms with van der Waals surface area (Å²) in [7, 11) is 0. The highest BCUT2D eigenvalue weighted by Crippen LogP contribution is 2.10. The Morgan fingerprint density at radius 2 is 2.21 bits per heavy atom. The van der Waals surface area contributed by atoms with Crippen molar-refractivity contribution in [3.8, 4) is 0 Å². The Labute approximate surface area is 107 Å². The van der Waals surface area contributed by atoms with Crippen LogP contribution in [-0.2, 0) is 11.2 Å². The molecule has 0 spiro atoms. The first-order valence-electron chi connectivity index (χ1n) is 5.56. The van der Waals surface area contributed by atoms with Gasteiger partial charge in [0.05, 0.1) is 12.5 Å². The maximum absolute atomic E-state index is 13.0. The summed E-state index contributed by atoms with van der Waals surface area (Å²) < 4.78 is 30.3. The van der Waals surface area contributed by atoms with Crippen LogP contribution in [0.5, 0.6) is 0 Å². The van der Waals surface area contributed by atoms with Gasteiger partial charge in [-0.1, -0.05) is 11.2 Å². The molecule has 0 aliphatic rings. The smallest absolute Gasteiger partial charge is 0.225 e. The first-order valence-corrected chi connectivity index (χ1v) is 5.56. The fraction of sp³-hybridized carbons (Fsp3) is 0.250. The average Bonchev–Trinajstić information content (AvgIpc) is 2.87. The minimum Gasteiger partial charge on any atom is -0.346 e. The standard InChI is InChI=1S/C12H11F2N3O2/c1-7(12-15-6-19-17-12)16-11(18)5-8-2-3-9(13)10(14)4-8/h2-4,6-7H,5H2,1H3,(H,16,18)/t7-/m0/s1. The van der Waals surface area contributed by atoms with Crippen molar-refractivity contribution in [2.24, 2.45) is 0 Å². The maximum atomic E-state index is 13.0. The monoisotopic (exact) mass is 267 g/mol. The molecule has 0 bridgehead atoms. The predicted octanol–water partition coefficient (Wildman–Crippen LogP) is 1.77. The van der Waals surface area contributed by atoms with Crippen LogP contribution in [0.2, 0.25) is 0 Å². The van der Waals surface area contributed by atoms with Gasteiger partial charge < -0.3 is 9.84 Å². The summed E-state index contributed by atoms with van der Waals surface area (Å²) in [5, 5.41) is 6.22. The van der Waals surface area contributed by atoms with Gasteiger partial charge in [-0.25, -0.2) is 8.78 Å². The van der Waals surface area contributed by atoms with E-state index in [1.165, 1.54) is 6.07 Å². The van der Waals surface area contributed by atoms with Gasteiger partial charge in [0.25, 0.3) is 0 Å². The van der Waals surface area contributed by atoms with E-state index in [1.54, 1.807) is 6.92 Å². The lowest BCUT2D eigenvalue weighted by molar-refractivity contribution is -0.121. The molecular weight excluding hydrogens is 256 g/mol. The highest BCUT2D eigenvalue weighted by atomic mass is 19.2. The van der Waals surface area contributed by atoms with Gasteiger partial charge in [0, 0.05) is 0 Å². The summed E-state index contributed by atoms with van der Waals surface area (Å²) in [6.45, 7) is 1.69. The van der Waals surface area contributed by atoms with E-state index in [2.05, 4.69) is 20.0 Å². The van der Waals surface area contributed by atoms with Crippen LogP contribution >= 0.6 is 0 Å². The molecule has 1 atom stereocenters. The number of benzene rings is 1. The average molecular weight is 267 g/mol. The molecule has 1 aromatic carbocycles. The largest absolute Gasteiger partial charge is 0.346 e. The number of halogens is 2. The highest BCUT2D eigenvalue weighted by molar-refractivity contribution is 5.78. The number of aromatic nitrogens is 2. The number of hydrogen-bond donors (Lipinski definition) is 1. The van der Waals surface area contributed by atoms with Crippen LogP contribution in [0.3, 0.4) is 0 Å². The van der Waals surface area contributed by atoms with Gasteiger partial charge in [-0.05, 0) is 24.6 Å². The lowest BCUT2D eigenvalue weighted by Gasteiger charge is -2.10. The summed E-state index contributed by atoms with van der Waals surface area (Å²) in [4.78, 5) is 15.5. The third-order valence-electron chi connectivity index (χ3n) is 2.49. The van der Waals surface area contributed by atoms with Gasteiger partial charge in [-0.15, -0.1) is 0 Å². The highest BCUT2D eigenvalue weighted by Gasteiger charge is 2.14. The third kappa shape index (κ3) is 3.34. The molecule has 1 amide bonds. The van der Waals surface area contributed by atoms with Crippen molar-refractivity contribution in [1.29, 1.82) is 0 Å². The Kier molecular flexibility index (Phi) is 3.84. The van der Waals surface area contributed by atoms with Crippen molar-refractivity contribution in [3.63, 3.8) is 0 Å². The molecule has 0 unspecified atom stereocenters. The van der Waals surface area contributed by atoms with Gasteiger partial charge in [-0.2, -0.15) is 4.98 Å². The second-order valence-corrected chi connectivity index (χ2v) is 4.00. The van der Waals surface area contributed by atoms with E-state index < -0.39 is 17.7 Å². The van der Waals surface area contributed by atoms with Crippen molar-refractivity contribution in [3.05, 3.63) is 47.6 Å². The molecule has 1 N–H and O–H groups in total. The van der Waals surface area contributed by atoms with Crippen LogP contribution in [0.1, 0.15) is 24.4 Å². The zero-order valence-corrected chi connectivity index (χ0v) is 10.1. The summed E-state index contributed by atoms with van der Waals surface area (Å²) >= 11 is 0. The Balaban J connectivity index is 1.95. The Morgan fingerprint density at radius 3 is 2.84 bits per heavy atom.